The lowest BCUT2D eigenvalue weighted by atomic mass is 9.87. The van der Waals surface area contributed by atoms with E-state index < -0.39 is 0 Å². The molecule has 0 bridgehead atoms. The number of hydrogen-bond acceptors (Lipinski definition) is 4. The van der Waals surface area contributed by atoms with Gasteiger partial charge in [-0.2, -0.15) is 5.26 Å². The number of anilines is 1. The number of hydrogen-bond donors (Lipinski definition) is 2. The van der Waals surface area contributed by atoms with Crippen molar-refractivity contribution in [1.82, 2.24) is 5.32 Å². The largest absolute Gasteiger partial charge is 0.325 e. The fourth-order valence-corrected chi connectivity index (χ4v) is 4.33. The maximum Gasteiger partial charge on any atom is 0.234 e. The van der Waals surface area contributed by atoms with E-state index in [1.54, 1.807) is 24.3 Å². The molecule has 5 nitrogen and oxygen atoms in total. The molecule has 1 aliphatic rings. The first kappa shape index (κ1) is 20.5. The Labute approximate surface area is 180 Å². The highest BCUT2D eigenvalue weighted by molar-refractivity contribution is 9.10. The minimum atomic E-state index is -0.338. The van der Waals surface area contributed by atoms with Crippen molar-refractivity contribution in [3.8, 4) is 6.07 Å². The Bertz CT molecular complexity index is 1000. The molecule has 142 valence electrons. The lowest BCUT2D eigenvalue weighted by Crippen LogP contribution is -2.31. The van der Waals surface area contributed by atoms with Crippen LogP contribution >= 0.6 is 39.3 Å². The van der Waals surface area contributed by atoms with E-state index >= 15 is 0 Å². The Morgan fingerprint density at radius 2 is 2.11 bits per heavy atom. The molecule has 0 fully saturated rings. The Kier molecular flexibility index (Phi) is 6.79. The molecule has 0 unspecified atom stereocenters. The molecule has 0 spiro atoms. The Morgan fingerprint density at radius 3 is 2.82 bits per heavy atom. The smallest absolute Gasteiger partial charge is 0.234 e. The van der Waals surface area contributed by atoms with E-state index in [4.69, 9.17) is 11.6 Å². The average molecular weight is 477 g/mol. The van der Waals surface area contributed by atoms with Crippen LogP contribution in [0.15, 0.2) is 63.6 Å². The fourth-order valence-electron chi connectivity index (χ4n) is 2.84. The number of allylic oxidation sites excluding steroid dienone is 1. The van der Waals surface area contributed by atoms with E-state index in [0.717, 1.165) is 21.8 Å². The lowest BCUT2D eigenvalue weighted by molar-refractivity contribution is -0.121. The predicted molar refractivity (Wildman–Crippen MR) is 115 cm³/mol. The number of nitrogens with one attached hydrogen (secondary N) is 2. The first-order valence-electron chi connectivity index (χ1n) is 8.34. The first-order chi connectivity index (χ1) is 13.5. The van der Waals surface area contributed by atoms with Gasteiger partial charge in [-0.25, -0.2) is 0 Å². The summed E-state index contributed by atoms with van der Waals surface area (Å²) in [5, 5.41) is 16.1. The summed E-state index contributed by atoms with van der Waals surface area (Å²) in [5.41, 5.74) is 1.92. The van der Waals surface area contributed by atoms with Crippen LogP contribution in [0.1, 0.15) is 17.9 Å². The van der Waals surface area contributed by atoms with Crippen LogP contribution in [-0.2, 0) is 9.59 Å². The van der Waals surface area contributed by atoms with Gasteiger partial charge in [0.1, 0.15) is 0 Å². The second kappa shape index (κ2) is 9.28. The van der Waals surface area contributed by atoms with Crippen LogP contribution < -0.4 is 10.6 Å². The summed E-state index contributed by atoms with van der Waals surface area (Å²) in [6.45, 7) is 0. The molecule has 2 amide bonds. The molecule has 0 saturated heterocycles. The average Bonchev–Trinajstić information content (AvgIpc) is 2.66. The van der Waals surface area contributed by atoms with Crippen molar-refractivity contribution in [3.63, 3.8) is 0 Å². The normalized spacial score (nSPS) is 16.3. The van der Waals surface area contributed by atoms with Crippen LogP contribution in [0.3, 0.4) is 0 Å². The maximum absolute atomic E-state index is 12.2. The van der Waals surface area contributed by atoms with Gasteiger partial charge >= 0.3 is 0 Å². The van der Waals surface area contributed by atoms with Crippen LogP contribution in [0.25, 0.3) is 0 Å². The molecule has 0 saturated carbocycles. The van der Waals surface area contributed by atoms with Crippen molar-refractivity contribution in [1.29, 1.82) is 5.26 Å². The number of carbonyl (C=O) groups is 2. The third-order valence-corrected chi connectivity index (χ3v) is 5.81. The number of amides is 2. The standard InChI is InChI=1S/C20H15BrClN3O2S/c21-13-4-1-3-12(7-13)16-9-18(26)25-20(17(16)10-23)28-11-19(27)24-15-6-2-5-14(22)8-15/h1-8,16H,9,11H2,(H,24,27)(H,25,26)/t16-/m0/s1. The zero-order chi connectivity index (χ0) is 20.1. The molecule has 2 aromatic carbocycles. The second-order valence-electron chi connectivity index (χ2n) is 6.06. The van der Waals surface area contributed by atoms with Crippen molar-refractivity contribution in [2.45, 2.75) is 12.3 Å². The Hall–Kier alpha value is -2.27. The molecule has 8 heteroatoms. The summed E-state index contributed by atoms with van der Waals surface area (Å²) in [5.74, 6) is -0.717. The quantitative estimate of drug-likeness (QED) is 0.648. The van der Waals surface area contributed by atoms with Gasteiger partial charge in [-0.15, -0.1) is 0 Å². The number of benzene rings is 2. The highest BCUT2D eigenvalue weighted by Gasteiger charge is 2.30. The first-order valence-corrected chi connectivity index (χ1v) is 10.5. The van der Waals surface area contributed by atoms with E-state index in [9.17, 15) is 14.9 Å². The number of carbonyl (C=O) groups excluding carboxylic acids is 2. The number of nitrogens with zero attached hydrogens (tertiary/aromatic N) is 1. The van der Waals surface area contributed by atoms with Gasteiger partial charge in [-0.05, 0) is 35.9 Å². The van der Waals surface area contributed by atoms with Gasteiger partial charge in [-0.1, -0.05) is 57.5 Å². The van der Waals surface area contributed by atoms with E-state index in [-0.39, 0.29) is 29.9 Å². The molecule has 0 aromatic heterocycles. The molecule has 1 atom stereocenters. The SMILES string of the molecule is N#CC1=C(SCC(=O)Nc2cccc(Cl)c2)NC(=O)C[C@H]1c1cccc(Br)c1. The van der Waals surface area contributed by atoms with E-state index in [0.29, 0.717) is 21.3 Å². The Morgan fingerprint density at radius 1 is 1.32 bits per heavy atom. The second-order valence-corrected chi connectivity index (χ2v) is 8.40. The van der Waals surface area contributed by atoms with Crippen LogP contribution in [0, 0.1) is 11.3 Å². The number of thioether (sulfide) groups is 1. The van der Waals surface area contributed by atoms with Crippen molar-refractivity contribution in [3.05, 3.63) is 74.2 Å². The monoisotopic (exact) mass is 475 g/mol. The topological polar surface area (TPSA) is 82.0 Å². The molecule has 0 radical (unpaired) electrons. The fraction of sp³-hybridized carbons (Fsp3) is 0.150. The van der Waals surface area contributed by atoms with Crippen molar-refractivity contribution < 1.29 is 9.59 Å². The van der Waals surface area contributed by atoms with Gasteiger partial charge in [0.2, 0.25) is 11.8 Å². The van der Waals surface area contributed by atoms with Crippen LogP contribution in [-0.4, -0.2) is 17.6 Å². The third-order valence-electron chi connectivity index (χ3n) is 4.06. The van der Waals surface area contributed by atoms with Crippen molar-refractivity contribution >= 4 is 56.8 Å². The van der Waals surface area contributed by atoms with Gasteiger partial charge in [0.15, 0.2) is 0 Å². The summed E-state index contributed by atoms with van der Waals surface area (Å²) in [4.78, 5) is 24.4. The van der Waals surface area contributed by atoms with E-state index in [2.05, 4.69) is 32.6 Å². The zero-order valence-electron chi connectivity index (χ0n) is 14.5. The molecule has 2 aromatic rings. The lowest BCUT2D eigenvalue weighted by Gasteiger charge is -2.25. The summed E-state index contributed by atoms with van der Waals surface area (Å²) in [7, 11) is 0. The highest BCUT2D eigenvalue weighted by atomic mass is 79.9. The molecule has 0 aliphatic carbocycles. The molecule has 3 rings (SSSR count). The van der Waals surface area contributed by atoms with Gasteiger partial charge in [-0.3, -0.25) is 9.59 Å². The molecule has 2 N–H and O–H groups in total. The van der Waals surface area contributed by atoms with Crippen molar-refractivity contribution in [2.24, 2.45) is 0 Å². The summed E-state index contributed by atoms with van der Waals surface area (Å²) in [6, 6.07) is 16.6. The van der Waals surface area contributed by atoms with E-state index in [1.807, 2.05) is 24.3 Å². The molecule has 28 heavy (non-hydrogen) atoms. The summed E-state index contributed by atoms with van der Waals surface area (Å²) < 4.78 is 0.878. The minimum Gasteiger partial charge on any atom is -0.325 e. The zero-order valence-corrected chi connectivity index (χ0v) is 17.7. The third kappa shape index (κ3) is 5.16. The van der Waals surface area contributed by atoms with Gasteiger partial charge < -0.3 is 10.6 Å². The number of halogens is 2. The number of nitriles is 1. The van der Waals surface area contributed by atoms with Gasteiger partial charge in [0.25, 0.3) is 0 Å². The van der Waals surface area contributed by atoms with Crippen LogP contribution in [0.5, 0.6) is 0 Å². The summed E-state index contributed by atoms with van der Waals surface area (Å²) >= 11 is 10.5. The Balaban J connectivity index is 1.76. The van der Waals surface area contributed by atoms with Gasteiger partial charge in [0, 0.05) is 27.5 Å². The molecule has 1 aliphatic heterocycles. The number of rotatable bonds is 5. The maximum atomic E-state index is 12.2. The molecule has 1 heterocycles. The predicted octanol–water partition coefficient (Wildman–Crippen LogP) is 4.81. The van der Waals surface area contributed by atoms with Crippen LogP contribution in [0.2, 0.25) is 5.02 Å². The molecular formula is C20H15BrClN3O2S. The van der Waals surface area contributed by atoms with Crippen LogP contribution in [0.4, 0.5) is 5.69 Å². The van der Waals surface area contributed by atoms with Crippen molar-refractivity contribution in [2.75, 3.05) is 11.1 Å². The highest BCUT2D eigenvalue weighted by Crippen LogP contribution is 2.36. The summed E-state index contributed by atoms with van der Waals surface area (Å²) in [6.07, 6.45) is 0.193. The molecular weight excluding hydrogens is 462 g/mol. The minimum absolute atomic E-state index is 0.0541. The van der Waals surface area contributed by atoms with E-state index in [1.165, 1.54) is 0 Å². The van der Waals surface area contributed by atoms with Gasteiger partial charge in [0.05, 0.1) is 22.4 Å².